The fraction of sp³-hybridized carbons (Fsp3) is 0.867. The van der Waals surface area contributed by atoms with Gasteiger partial charge in [-0.25, -0.2) is 0 Å². The first-order chi connectivity index (χ1) is 8.81. The molecule has 0 saturated carbocycles. The van der Waals surface area contributed by atoms with Crippen molar-refractivity contribution in [2.45, 2.75) is 70.8 Å². The second-order valence-corrected chi connectivity index (χ2v) is 5.74. The number of allylic oxidation sites excluding steroid dienone is 1. The molecule has 0 aliphatic heterocycles. The van der Waals surface area contributed by atoms with Gasteiger partial charge in [-0.05, 0) is 18.2 Å². The van der Waals surface area contributed by atoms with E-state index in [1.54, 1.807) is 11.8 Å². The molecule has 18 heavy (non-hydrogen) atoms. The Morgan fingerprint density at radius 3 is 2.22 bits per heavy atom. The molecule has 3 heteroatoms. The van der Waals surface area contributed by atoms with E-state index < -0.39 is 6.10 Å². The van der Waals surface area contributed by atoms with Crippen molar-refractivity contribution in [2.75, 3.05) is 12.4 Å². The largest absolute Gasteiger partial charge is 0.394 e. The molecule has 0 aromatic carbocycles. The van der Waals surface area contributed by atoms with Crippen molar-refractivity contribution in [2.24, 2.45) is 0 Å². The van der Waals surface area contributed by atoms with Gasteiger partial charge in [-0.15, -0.1) is 11.8 Å². The zero-order chi connectivity index (χ0) is 13.5. The second-order valence-electron chi connectivity index (χ2n) is 4.81. The Kier molecular flexibility index (Phi) is 15.1. The van der Waals surface area contributed by atoms with Crippen molar-refractivity contribution >= 4 is 11.8 Å². The predicted molar refractivity (Wildman–Crippen MR) is 81.9 cm³/mol. The van der Waals surface area contributed by atoms with E-state index in [1.807, 2.05) is 5.41 Å². The van der Waals surface area contributed by atoms with Crippen LogP contribution in [0, 0.1) is 0 Å². The normalized spacial score (nSPS) is 13.3. The summed E-state index contributed by atoms with van der Waals surface area (Å²) in [6.07, 6.45) is 13.6. The van der Waals surface area contributed by atoms with Gasteiger partial charge >= 0.3 is 0 Å². The van der Waals surface area contributed by atoms with Gasteiger partial charge in [0.2, 0.25) is 0 Å². The number of thioether (sulfide) groups is 1. The minimum Gasteiger partial charge on any atom is -0.394 e. The maximum absolute atomic E-state index is 9.11. The minimum atomic E-state index is -0.581. The Bertz CT molecular complexity index is 183. The molecular weight excluding hydrogens is 244 g/mol. The Labute approximate surface area is 117 Å². The molecule has 0 fully saturated rings. The summed E-state index contributed by atoms with van der Waals surface area (Å²) in [5, 5.41) is 19.8. The third kappa shape index (κ3) is 14.1. The second kappa shape index (κ2) is 15.1. The highest BCUT2D eigenvalue weighted by molar-refractivity contribution is 8.02. The van der Waals surface area contributed by atoms with Crippen molar-refractivity contribution in [1.82, 2.24) is 0 Å². The molecule has 0 radical (unpaired) electrons. The van der Waals surface area contributed by atoms with Crippen molar-refractivity contribution < 1.29 is 10.2 Å². The Morgan fingerprint density at radius 2 is 1.61 bits per heavy atom. The molecule has 1 atom stereocenters. The van der Waals surface area contributed by atoms with Crippen LogP contribution in [-0.4, -0.2) is 28.7 Å². The molecule has 108 valence electrons. The average molecular weight is 274 g/mol. The van der Waals surface area contributed by atoms with E-state index in [0.29, 0.717) is 5.75 Å². The van der Waals surface area contributed by atoms with E-state index >= 15 is 0 Å². The smallest absolute Gasteiger partial charge is 0.0864 e. The van der Waals surface area contributed by atoms with Gasteiger partial charge in [0.1, 0.15) is 0 Å². The number of unbranched alkanes of at least 4 members (excludes halogenated alkanes) is 8. The molecule has 0 rings (SSSR count). The molecule has 0 heterocycles. The van der Waals surface area contributed by atoms with Crippen molar-refractivity contribution in [3.63, 3.8) is 0 Å². The number of hydrogen-bond acceptors (Lipinski definition) is 3. The fourth-order valence-corrected chi connectivity index (χ4v) is 2.46. The van der Waals surface area contributed by atoms with Crippen molar-refractivity contribution in [3.05, 3.63) is 11.5 Å². The summed E-state index contributed by atoms with van der Waals surface area (Å²) in [4.78, 5) is 0. The Balaban J connectivity index is 3.08. The average Bonchev–Trinajstić information content (AvgIpc) is 2.39. The van der Waals surface area contributed by atoms with E-state index in [0.717, 1.165) is 6.42 Å². The Hall–Kier alpha value is 0.01000. The van der Waals surface area contributed by atoms with Gasteiger partial charge in [-0.3, -0.25) is 0 Å². The van der Waals surface area contributed by atoms with Crippen molar-refractivity contribution in [3.8, 4) is 0 Å². The van der Waals surface area contributed by atoms with Crippen molar-refractivity contribution in [1.29, 1.82) is 0 Å². The SMILES string of the molecule is CCCCCCCCCCC=CSCC(O)CO. The molecule has 2 nitrogen and oxygen atoms in total. The summed E-state index contributed by atoms with van der Waals surface area (Å²) in [5.41, 5.74) is 0. The lowest BCUT2D eigenvalue weighted by Gasteiger charge is -2.02. The lowest BCUT2D eigenvalue weighted by molar-refractivity contribution is 0.113. The molecule has 0 aliphatic rings. The topological polar surface area (TPSA) is 40.5 Å². The maximum atomic E-state index is 9.11. The van der Waals surface area contributed by atoms with Crippen LogP contribution in [0.25, 0.3) is 0 Å². The summed E-state index contributed by atoms with van der Waals surface area (Å²) in [7, 11) is 0. The van der Waals surface area contributed by atoms with Gasteiger partial charge < -0.3 is 10.2 Å². The van der Waals surface area contributed by atoms with Crippen LogP contribution < -0.4 is 0 Å². The van der Waals surface area contributed by atoms with Gasteiger partial charge in [0.15, 0.2) is 0 Å². The van der Waals surface area contributed by atoms with E-state index in [1.165, 1.54) is 51.4 Å². The molecule has 2 N–H and O–H groups in total. The quantitative estimate of drug-likeness (QED) is 0.496. The highest BCUT2D eigenvalue weighted by Gasteiger charge is 1.98. The van der Waals surface area contributed by atoms with Gasteiger partial charge in [-0.2, -0.15) is 0 Å². The van der Waals surface area contributed by atoms with Crippen LogP contribution in [0.1, 0.15) is 64.7 Å². The summed E-state index contributed by atoms with van der Waals surface area (Å²) >= 11 is 1.57. The molecule has 0 bridgehead atoms. The molecular formula is C15H30O2S. The number of aliphatic hydroxyl groups is 2. The first-order valence-corrected chi connectivity index (χ1v) is 8.41. The molecule has 0 amide bonds. The molecule has 1 unspecified atom stereocenters. The van der Waals surface area contributed by atoms with Gasteiger partial charge in [0.25, 0.3) is 0 Å². The summed E-state index contributed by atoms with van der Waals surface area (Å²) in [5.74, 6) is 0.588. The minimum absolute atomic E-state index is 0.140. The lowest BCUT2D eigenvalue weighted by atomic mass is 10.1. The molecule has 0 aromatic rings. The maximum Gasteiger partial charge on any atom is 0.0864 e. The molecule has 0 aromatic heterocycles. The number of aliphatic hydroxyl groups excluding tert-OH is 2. The monoisotopic (exact) mass is 274 g/mol. The van der Waals surface area contributed by atoms with Gasteiger partial charge in [-0.1, -0.05) is 57.9 Å². The molecule has 0 saturated heterocycles. The van der Waals surface area contributed by atoms with Crippen LogP contribution in [0.3, 0.4) is 0 Å². The first kappa shape index (κ1) is 18.0. The van der Waals surface area contributed by atoms with Crippen LogP contribution in [0.15, 0.2) is 11.5 Å². The zero-order valence-electron chi connectivity index (χ0n) is 11.8. The number of rotatable bonds is 13. The van der Waals surface area contributed by atoms with E-state index in [9.17, 15) is 0 Å². The third-order valence-electron chi connectivity index (χ3n) is 2.92. The summed E-state index contributed by atoms with van der Waals surface area (Å²) in [6, 6.07) is 0. The van der Waals surface area contributed by atoms with Crippen LogP contribution in [0.2, 0.25) is 0 Å². The fourth-order valence-electron chi connectivity index (χ4n) is 1.75. The van der Waals surface area contributed by atoms with Crippen LogP contribution >= 0.6 is 11.8 Å². The van der Waals surface area contributed by atoms with E-state index in [-0.39, 0.29) is 6.61 Å². The standard InChI is InChI=1S/C15H30O2S/c1-2-3-4-5-6-7-8-9-10-11-12-18-14-15(17)13-16/h11-12,15-17H,2-10,13-14H2,1H3. The summed E-state index contributed by atoms with van der Waals surface area (Å²) < 4.78 is 0. The van der Waals surface area contributed by atoms with Crippen LogP contribution in [0.4, 0.5) is 0 Å². The number of hydrogen-bond donors (Lipinski definition) is 2. The van der Waals surface area contributed by atoms with Crippen LogP contribution in [-0.2, 0) is 0 Å². The zero-order valence-corrected chi connectivity index (χ0v) is 12.6. The highest BCUT2D eigenvalue weighted by Crippen LogP contribution is 2.11. The third-order valence-corrected chi connectivity index (χ3v) is 3.88. The Morgan fingerprint density at radius 1 is 1.00 bits per heavy atom. The predicted octanol–water partition coefficient (Wildman–Crippen LogP) is 4.12. The summed E-state index contributed by atoms with van der Waals surface area (Å²) in [6.45, 7) is 2.11. The lowest BCUT2D eigenvalue weighted by Crippen LogP contribution is -2.13. The first-order valence-electron chi connectivity index (χ1n) is 7.36. The van der Waals surface area contributed by atoms with Gasteiger partial charge in [0, 0.05) is 5.75 Å². The van der Waals surface area contributed by atoms with E-state index in [2.05, 4.69) is 13.0 Å². The highest BCUT2D eigenvalue weighted by atomic mass is 32.2. The van der Waals surface area contributed by atoms with Crippen LogP contribution in [0.5, 0.6) is 0 Å². The molecule has 0 aliphatic carbocycles. The van der Waals surface area contributed by atoms with E-state index in [4.69, 9.17) is 10.2 Å². The molecule has 0 spiro atoms. The van der Waals surface area contributed by atoms with Gasteiger partial charge in [0.05, 0.1) is 12.7 Å².